The topological polar surface area (TPSA) is 69.6 Å². The van der Waals surface area contributed by atoms with Crippen LogP contribution in [0.2, 0.25) is 5.02 Å². The standard InChI is InChI=1S/C10H11BrClN5/c1-17-15-9(14-16-17)5-8(13)6-3-2-4-7(11)10(6)12/h2-4,8H,5,13H2,1H3. The summed E-state index contributed by atoms with van der Waals surface area (Å²) in [6.45, 7) is 0. The van der Waals surface area contributed by atoms with Crippen molar-refractivity contribution in [3.8, 4) is 0 Å². The minimum atomic E-state index is -0.246. The molecule has 17 heavy (non-hydrogen) atoms. The zero-order chi connectivity index (χ0) is 12.4. The molecule has 1 aromatic heterocycles. The van der Waals surface area contributed by atoms with E-state index in [0.29, 0.717) is 17.3 Å². The SMILES string of the molecule is Cn1nnc(CC(N)c2cccc(Br)c2Cl)n1. The number of nitrogens with zero attached hydrogens (tertiary/aromatic N) is 4. The van der Waals surface area contributed by atoms with Crippen molar-refractivity contribution in [3.05, 3.63) is 39.1 Å². The largest absolute Gasteiger partial charge is 0.324 e. The van der Waals surface area contributed by atoms with Crippen LogP contribution in [0.1, 0.15) is 17.4 Å². The van der Waals surface area contributed by atoms with Gasteiger partial charge in [-0.2, -0.15) is 4.80 Å². The Balaban J connectivity index is 2.20. The Labute approximate surface area is 112 Å². The molecule has 0 aliphatic rings. The lowest BCUT2D eigenvalue weighted by Crippen LogP contribution is -2.15. The van der Waals surface area contributed by atoms with E-state index in [9.17, 15) is 0 Å². The first-order valence-corrected chi connectivity index (χ1v) is 6.17. The second-order valence-corrected chi connectivity index (χ2v) is 4.88. The van der Waals surface area contributed by atoms with Crippen LogP contribution in [-0.4, -0.2) is 20.2 Å². The van der Waals surface area contributed by atoms with Crippen LogP contribution in [-0.2, 0) is 13.5 Å². The van der Waals surface area contributed by atoms with Crippen LogP contribution in [0.3, 0.4) is 0 Å². The molecule has 0 saturated heterocycles. The highest BCUT2D eigenvalue weighted by atomic mass is 79.9. The van der Waals surface area contributed by atoms with Gasteiger partial charge in [-0.05, 0) is 32.8 Å². The first-order valence-electron chi connectivity index (χ1n) is 5.00. The maximum Gasteiger partial charge on any atom is 0.176 e. The van der Waals surface area contributed by atoms with Gasteiger partial charge in [0.2, 0.25) is 0 Å². The zero-order valence-corrected chi connectivity index (χ0v) is 11.5. The molecule has 0 amide bonds. The molecule has 0 radical (unpaired) electrons. The van der Waals surface area contributed by atoms with Crippen molar-refractivity contribution in [2.75, 3.05) is 0 Å². The predicted octanol–water partition coefficient (Wildman–Crippen LogP) is 1.87. The number of aryl methyl sites for hydroxylation is 1. The average molecular weight is 317 g/mol. The highest BCUT2D eigenvalue weighted by Gasteiger charge is 2.15. The molecule has 1 heterocycles. The summed E-state index contributed by atoms with van der Waals surface area (Å²) in [7, 11) is 1.72. The quantitative estimate of drug-likeness (QED) is 0.938. The van der Waals surface area contributed by atoms with E-state index in [0.717, 1.165) is 10.0 Å². The van der Waals surface area contributed by atoms with Gasteiger partial charge in [-0.1, -0.05) is 23.7 Å². The third-order valence-electron chi connectivity index (χ3n) is 2.33. The molecule has 1 atom stereocenters. The van der Waals surface area contributed by atoms with E-state index < -0.39 is 0 Å². The Morgan fingerprint density at radius 2 is 2.29 bits per heavy atom. The molecule has 0 saturated carbocycles. The highest BCUT2D eigenvalue weighted by Crippen LogP contribution is 2.30. The van der Waals surface area contributed by atoms with E-state index in [-0.39, 0.29) is 6.04 Å². The third-order valence-corrected chi connectivity index (χ3v) is 3.64. The lowest BCUT2D eigenvalue weighted by Gasteiger charge is -2.12. The summed E-state index contributed by atoms with van der Waals surface area (Å²) in [4.78, 5) is 1.41. The minimum absolute atomic E-state index is 0.246. The summed E-state index contributed by atoms with van der Waals surface area (Å²) in [6.07, 6.45) is 0.504. The Kier molecular flexibility index (Phi) is 3.76. The van der Waals surface area contributed by atoms with Crippen LogP contribution < -0.4 is 5.73 Å². The Bertz CT molecular complexity index is 527. The van der Waals surface area contributed by atoms with Gasteiger partial charge in [0.15, 0.2) is 5.82 Å². The third kappa shape index (κ3) is 2.83. The number of aromatic nitrogens is 4. The van der Waals surface area contributed by atoms with Gasteiger partial charge < -0.3 is 5.73 Å². The fraction of sp³-hybridized carbons (Fsp3) is 0.300. The van der Waals surface area contributed by atoms with Crippen LogP contribution in [0, 0.1) is 0 Å². The van der Waals surface area contributed by atoms with Crippen molar-refractivity contribution in [3.63, 3.8) is 0 Å². The number of benzene rings is 1. The van der Waals surface area contributed by atoms with Crippen molar-refractivity contribution in [1.29, 1.82) is 0 Å². The summed E-state index contributed by atoms with van der Waals surface area (Å²) in [6, 6.07) is 5.42. The first kappa shape index (κ1) is 12.5. The van der Waals surface area contributed by atoms with Crippen LogP contribution in [0.15, 0.2) is 22.7 Å². The van der Waals surface area contributed by atoms with E-state index in [2.05, 4.69) is 31.3 Å². The van der Waals surface area contributed by atoms with E-state index in [1.54, 1.807) is 7.05 Å². The first-order chi connectivity index (χ1) is 8.08. The van der Waals surface area contributed by atoms with Gasteiger partial charge in [0.05, 0.1) is 12.1 Å². The number of hydrogen-bond donors (Lipinski definition) is 1. The molecule has 1 aromatic carbocycles. The summed E-state index contributed by atoms with van der Waals surface area (Å²) in [5, 5.41) is 12.4. The fourth-order valence-corrected chi connectivity index (χ4v) is 2.17. The second-order valence-electron chi connectivity index (χ2n) is 3.65. The van der Waals surface area contributed by atoms with Crippen molar-refractivity contribution in [2.24, 2.45) is 12.8 Å². The molecule has 7 heteroatoms. The summed E-state index contributed by atoms with van der Waals surface area (Å²) < 4.78 is 0.833. The molecule has 1 unspecified atom stereocenters. The molecule has 0 bridgehead atoms. The molecule has 0 aliphatic carbocycles. The lowest BCUT2D eigenvalue weighted by atomic mass is 10.0. The minimum Gasteiger partial charge on any atom is -0.324 e. The molecule has 0 aliphatic heterocycles. The van der Waals surface area contributed by atoms with Gasteiger partial charge >= 0.3 is 0 Å². The van der Waals surface area contributed by atoms with Crippen LogP contribution >= 0.6 is 27.5 Å². The van der Waals surface area contributed by atoms with Crippen molar-refractivity contribution >= 4 is 27.5 Å². The number of hydrogen-bond acceptors (Lipinski definition) is 4. The smallest absolute Gasteiger partial charge is 0.176 e. The summed E-state index contributed by atoms with van der Waals surface area (Å²) >= 11 is 9.54. The van der Waals surface area contributed by atoms with Crippen LogP contribution in [0.5, 0.6) is 0 Å². The monoisotopic (exact) mass is 315 g/mol. The van der Waals surface area contributed by atoms with E-state index in [1.165, 1.54) is 4.80 Å². The molecule has 5 nitrogen and oxygen atoms in total. The zero-order valence-electron chi connectivity index (χ0n) is 9.14. The van der Waals surface area contributed by atoms with Gasteiger partial charge in [-0.3, -0.25) is 0 Å². The molecule has 2 rings (SSSR count). The van der Waals surface area contributed by atoms with Crippen molar-refractivity contribution in [1.82, 2.24) is 20.2 Å². The average Bonchev–Trinajstić information content (AvgIpc) is 2.68. The van der Waals surface area contributed by atoms with Gasteiger partial charge in [0.25, 0.3) is 0 Å². The maximum absolute atomic E-state index is 6.17. The Hall–Kier alpha value is -0.980. The normalized spacial score (nSPS) is 12.7. The highest BCUT2D eigenvalue weighted by molar-refractivity contribution is 9.10. The fourth-order valence-electron chi connectivity index (χ4n) is 1.52. The molecule has 90 valence electrons. The van der Waals surface area contributed by atoms with Crippen LogP contribution in [0.4, 0.5) is 0 Å². The van der Waals surface area contributed by atoms with Gasteiger partial charge in [-0.15, -0.1) is 10.2 Å². The van der Waals surface area contributed by atoms with E-state index in [4.69, 9.17) is 17.3 Å². The predicted molar refractivity (Wildman–Crippen MR) is 68.6 cm³/mol. The van der Waals surface area contributed by atoms with Gasteiger partial charge in [0.1, 0.15) is 0 Å². The maximum atomic E-state index is 6.17. The molecule has 0 spiro atoms. The lowest BCUT2D eigenvalue weighted by molar-refractivity contribution is 0.622. The van der Waals surface area contributed by atoms with Crippen molar-refractivity contribution in [2.45, 2.75) is 12.5 Å². The Morgan fingerprint density at radius 3 is 2.94 bits per heavy atom. The number of rotatable bonds is 3. The van der Waals surface area contributed by atoms with Crippen LogP contribution in [0.25, 0.3) is 0 Å². The van der Waals surface area contributed by atoms with E-state index in [1.807, 2.05) is 18.2 Å². The molecule has 2 N–H and O–H groups in total. The second kappa shape index (κ2) is 5.12. The summed E-state index contributed by atoms with van der Waals surface area (Å²) in [5.74, 6) is 0.607. The number of tetrazole rings is 1. The number of halogens is 2. The van der Waals surface area contributed by atoms with Gasteiger partial charge in [-0.25, -0.2) is 0 Å². The molecule has 0 fully saturated rings. The number of nitrogens with two attached hydrogens (primary N) is 1. The Morgan fingerprint density at radius 1 is 1.53 bits per heavy atom. The molecular weight excluding hydrogens is 306 g/mol. The van der Waals surface area contributed by atoms with Crippen molar-refractivity contribution < 1.29 is 0 Å². The molecular formula is C10H11BrClN5. The summed E-state index contributed by atoms with van der Waals surface area (Å²) in [5.41, 5.74) is 6.95. The van der Waals surface area contributed by atoms with E-state index >= 15 is 0 Å². The molecule has 2 aromatic rings. The van der Waals surface area contributed by atoms with Gasteiger partial charge in [0, 0.05) is 16.9 Å².